The highest BCUT2D eigenvalue weighted by Gasteiger charge is 2.08. The molecular formula is C21H29IN6O2. The van der Waals surface area contributed by atoms with Crippen LogP contribution >= 0.6 is 24.0 Å². The Labute approximate surface area is 194 Å². The van der Waals surface area contributed by atoms with E-state index in [1.54, 1.807) is 44.4 Å². The number of halogens is 1. The molecule has 0 aliphatic carbocycles. The van der Waals surface area contributed by atoms with Gasteiger partial charge in [-0.1, -0.05) is 12.1 Å². The van der Waals surface area contributed by atoms with Crippen LogP contribution in [0.3, 0.4) is 0 Å². The van der Waals surface area contributed by atoms with Gasteiger partial charge in [0, 0.05) is 58.7 Å². The number of rotatable bonds is 8. The molecule has 162 valence electrons. The second-order valence-corrected chi connectivity index (χ2v) is 6.57. The van der Waals surface area contributed by atoms with E-state index in [1.807, 2.05) is 24.3 Å². The Hall–Kier alpha value is -2.69. The second kappa shape index (κ2) is 13.5. The Bertz CT molecular complexity index is 842. The Morgan fingerprint density at radius 2 is 1.70 bits per heavy atom. The number of aliphatic imine (C=N–C) groups is 1. The molecule has 0 bridgehead atoms. The zero-order valence-electron chi connectivity index (χ0n) is 17.5. The maximum Gasteiger partial charge on any atom is 0.253 e. The second-order valence-electron chi connectivity index (χ2n) is 6.57. The summed E-state index contributed by atoms with van der Waals surface area (Å²) in [5.41, 5.74) is 2.29. The number of amides is 2. The first-order valence-electron chi connectivity index (χ1n) is 9.44. The largest absolute Gasteiger partial charge is 0.356 e. The van der Waals surface area contributed by atoms with Gasteiger partial charge in [-0.15, -0.1) is 24.0 Å². The van der Waals surface area contributed by atoms with Gasteiger partial charge >= 0.3 is 0 Å². The predicted octanol–water partition coefficient (Wildman–Crippen LogP) is 1.54. The van der Waals surface area contributed by atoms with Crippen molar-refractivity contribution in [3.05, 3.63) is 65.5 Å². The summed E-state index contributed by atoms with van der Waals surface area (Å²) in [4.78, 5) is 33.7. The SMILES string of the molecule is CN=C(NCCNC(=O)c1cccnc1)NCCc1cccc(C(=O)N(C)C)c1.I. The molecule has 0 spiro atoms. The van der Waals surface area contributed by atoms with Crippen molar-refractivity contribution < 1.29 is 9.59 Å². The van der Waals surface area contributed by atoms with E-state index in [-0.39, 0.29) is 35.8 Å². The Balaban J connectivity index is 0.00000450. The number of nitrogens with one attached hydrogen (secondary N) is 3. The van der Waals surface area contributed by atoms with Crippen molar-refractivity contribution in [2.45, 2.75) is 6.42 Å². The van der Waals surface area contributed by atoms with E-state index >= 15 is 0 Å². The first-order chi connectivity index (χ1) is 14.0. The fourth-order valence-corrected chi connectivity index (χ4v) is 2.62. The zero-order valence-corrected chi connectivity index (χ0v) is 19.8. The lowest BCUT2D eigenvalue weighted by atomic mass is 10.1. The number of hydrogen-bond donors (Lipinski definition) is 3. The number of pyridine rings is 1. The van der Waals surface area contributed by atoms with Gasteiger partial charge in [0.05, 0.1) is 5.56 Å². The lowest BCUT2D eigenvalue weighted by Crippen LogP contribution is -2.42. The van der Waals surface area contributed by atoms with E-state index in [9.17, 15) is 9.59 Å². The molecule has 0 atom stereocenters. The summed E-state index contributed by atoms with van der Waals surface area (Å²) < 4.78 is 0. The summed E-state index contributed by atoms with van der Waals surface area (Å²) in [6.45, 7) is 1.67. The van der Waals surface area contributed by atoms with Crippen molar-refractivity contribution in [2.75, 3.05) is 40.8 Å². The van der Waals surface area contributed by atoms with Crippen LogP contribution in [0.15, 0.2) is 53.8 Å². The third-order valence-corrected chi connectivity index (χ3v) is 4.14. The molecule has 0 saturated heterocycles. The van der Waals surface area contributed by atoms with Crippen molar-refractivity contribution in [1.82, 2.24) is 25.8 Å². The van der Waals surface area contributed by atoms with E-state index in [0.717, 1.165) is 12.0 Å². The predicted molar refractivity (Wildman–Crippen MR) is 130 cm³/mol. The monoisotopic (exact) mass is 524 g/mol. The molecule has 0 aliphatic heterocycles. The number of nitrogens with zero attached hydrogens (tertiary/aromatic N) is 3. The molecule has 0 fully saturated rings. The third-order valence-electron chi connectivity index (χ3n) is 4.14. The van der Waals surface area contributed by atoms with Crippen LogP contribution in [0.4, 0.5) is 0 Å². The highest BCUT2D eigenvalue weighted by molar-refractivity contribution is 14.0. The van der Waals surface area contributed by atoms with Crippen LogP contribution < -0.4 is 16.0 Å². The molecular weight excluding hydrogens is 495 g/mol. The first kappa shape index (κ1) is 25.3. The number of hydrogen-bond acceptors (Lipinski definition) is 4. The summed E-state index contributed by atoms with van der Waals surface area (Å²) in [5.74, 6) is 0.488. The molecule has 1 heterocycles. The fourth-order valence-electron chi connectivity index (χ4n) is 2.62. The first-order valence-corrected chi connectivity index (χ1v) is 9.44. The van der Waals surface area contributed by atoms with Crippen LogP contribution in [0.5, 0.6) is 0 Å². The molecule has 0 saturated carbocycles. The van der Waals surface area contributed by atoms with E-state index in [1.165, 1.54) is 6.20 Å². The average Bonchev–Trinajstić information content (AvgIpc) is 2.75. The van der Waals surface area contributed by atoms with Gasteiger partial charge in [0.15, 0.2) is 5.96 Å². The highest BCUT2D eigenvalue weighted by Crippen LogP contribution is 2.07. The van der Waals surface area contributed by atoms with Crippen molar-refractivity contribution in [3.63, 3.8) is 0 Å². The average molecular weight is 524 g/mol. The molecule has 0 unspecified atom stereocenters. The van der Waals surface area contributed by atoms with Gasteiger partial charge in [-0.3, -0.25) is 19.6 Å². The molecule has 3 N–H and O–H groups in total. The molecule has 2 amide bonds. The van der Waals surface area contributed by atoms with Crippen molar-refractivity contribution in [2.24, 2.45) is 4.99 Å². The van der Waals surface area contributed by atoms with Gasteiger partial charge in [0.2, 0.25) is 0 Å². The minimum absolute atomic E-state index is 0. The Morgan fingerprint density at radius 3 is 2.37 bits per heavy atom. The quantitative estimate of drug-likeness (QED) is 0.211. The van der Waals surface area contributed by atoms with E-state index < -0.39 is 0 Å². The Morgan fingerprint density at radius 1 is 1.00 bits per heavy atom. The van der Waals surface area contributed by atoms with Crippen molar-refractivity contribution in [1.29, 1.82) is 0 Å². The van der Waals surface area contributed by atoms with Crippen molar-refractivity contribution in [3.8, 4) is 0 Å². The number of guanidine groups is 1. The smallest absolute Gasteiger partial charge is 0.253 e. The van der Waals surface area contributed by atoms with Crippen LogP contribution in [0.2, 0.25) is 0 Å². The summed E-state index contributed by atoms with van der Waals surface area (Å²) in [6, 6.07) is 11.1. The van der Waals surface area contributed by atoms with Crippen LogP contribution in [-0.2, 0) is 6.42 Å². The van der Waals surface area contributed by atoms with Crippen LogP contribution in [-0.4, -0.2) is 68.4 Å². The van der Waals surface area contributed by atoms with Gasteiger partial charge in [-0.25, -0.2) is 0 Å². The van der Waals surface area contributed by atoms with Gasteiger partial charge in [0.1, 0.15) is 0 Å². The van der Waals surface area contributed by atoms with Gasteiger partial charge in [-0.2, -0.15) is 0 Å². The number of aromatic nitrogens is 1. The maximum atomic E-state index is 12.1. The van der Waals surface area contributed by atoms with E-state index in [2.05, 4.69) is 25.9 Å². The van der Waals surface area contributed by atoms with Crippen LogP contribution in [0.1, 0.15) is 26.3 Å². The lowest BCUT2D eigenvalue weighted by molar-refractivity contribution is 0.0827. The third kappa shape index (κ3) is 8.36. The molecule has 30 heavy (non-hydrogen) atoms. The minimum Gasteiger partial charge on any atom is -0.356 e. The standard InChI is InChI=1S/C21H28N6O2.HI/c1-22-21(26-13-12-24-19(28)18-8-5-10-23-15-18)25-11-9-16-6-4-7-17(14-16)20(29)27(2)3;/h4-8,10,14-15H,9,11-13H2,1-3H3,(H,24,28)(H2,22,25,26);1H. The molecule has 2 rings (SSSR count). The highest BCUT2D eigenvalue weighted by atomic mass is 127. The van der Waals surface area contributed by atoms with Gasteiger partial charge in [-0.05, 0) is 36.2 Å². The molecule has 2 aromatic rings. The molecule has 1 aromatic heterocycles. The fraction of sp³-hybridized carbons (Fsp3) is 0.333. The number of carbonyl (C=O) groups is 2. The van der Waals surface area contributed by atoms with E-state index in [0.29, 0.717) is 36.7 Å². The van der Waals surface area contributed by atoms with Gasteiger partial charge in [0.25, 0.3) is 11.8 Å². The molecule has 0 radical (unpaired) electrons. The molecule has 9 heteroatoms. The number of benzene rings is 1. The van der Waals surface area contributed by atoms with Gasteiger partial charge < -0.3 is 20.9 Å². The van der Waals surface area contributed by atoms with Crippen LogP contribution in [0, 0.1) is 0 Å². The van der Waals surface area contributed by atoms with E-state index in [4.69, 9.17) is 0 Å². The Kier molecular flexibility index (Phi) is 11.4. The molecule has 8 nitrogen and oxygen atoms in total. The van der Waals surface area contributed by atoms with Crippen LogP contribution in [0.25, 0.3) is 0 Å². The summed E-state index contributed by atoms with van der Waals surface area (Å²) in [7, 11) is 5.18. The maximum absolute atomic E-state index is 12.1. The molecule has 1 aromatic carbocycles. The summed E-state index contributed by atoms with van der Waals surface area (Å²) in [6.07, 6.45) is 3.92. The summed E-state index contributed by atoms with van der Waals surface area (Å²) >= 11 is 0. The summed E-state index contributed by atoms with van der Waals surface area (Å²) in [5, 5.41) is 9.21. The topological polar surface area (TPSA) is 98.7 Å². The minimum atomic E-state index is -0.157. The normalized spacial score (nSPS) is 10.6. The van der Waals surface area contributed by atoms with Crippen molar-refractivity contribution >= 4 is 41.8 Å². The zero-order chi connectivity index (χ0) is 21.1. The number of carbonyl (C=O) groups excluding carboxylic acids is 2. The lowest BCUT2D eigenvalue weighted by Gasteiger charge is -2.13. The molecule has 0 aliphatic rings.